The van der Waals surface area contributed by atoms with Crippen molar-refractivity contribution in [3.63, 3.8) is 0 Å². The van der Waals surface area contributed by atoms with Crippen molar-refractivity contribution in [2.75, 3.05) is 25.1 Å². The number of anilines is 1. The molecule has 1 saturated heterocycles. The van der Waals surface area contributed by atoms with Gasteiger partial charge in [0.1, 0.15) is 5.75 Å². The zero-order chi connectivity index (χ0) is 9.97. The van der Waals surface area contributed by atoms with E-state index in [0.717, 1.165) is 23.3 Å². The zero-order valence-electron chi connectivity index (χ0n) is 8.29. The van der Waals surface area contributed by atoms with Crippen molar-refractivity contribution < 1.29 is 4.74 Å². The van der Waals surface area contributed by atoms with E-state index in [4.69, 9.17) is 4.74 Å². The van der Waals surface area contributed by atoms with E-state index in [2.05, 4.69) is 26.9 Å². The Labute approximate surface area is 93.0 Å². The van der Waals surface area contributed by atoms with Gasteiger partial charge in [0.2, 0.25) is 0 Å². The van der Waals surface area contributed by atoms with E-state index in [-0.39, 0.29) is 0 Å². The summed E-state index contributed by atoms with van der Waals surface area (Å²) in [6.07, 6.45) is 2.57. The molecule has 2 rings (SSSR count). The molecule has 1 aliphatic heterocycles. The molecule has 0 amide bonds. The second-order valence-corrected chi connectivity index (χ2v) is 4.43. The van der Waals surface area contributed by atoms with Crippen LogP contribution in [-0.2, 0) is 0 Å². The molecule has 2 nitrogen and oxygen atoms in total. The number of rotatable bonds is 2. The minimum Gasteiger partial charge on any atom is -0.495 e. The van der Waals surface area contributed by atoms with Crippen LogP contribution in [0.25, 0.3) is 0 Å². The maximum Gasteiger partial charge on any atom is 0.142 e. The molecule has 1 aromatic rings. The third kappa shape index (κ3) is 1.87. The Morgan fingerprint density at radius 3 is 2.64 bits per heavy atom. The van der Waals surface area contributed by atoms with Crippen LogP contribution in [0.1, 0.15) is 12.8 Å². The van der Waals surface area contributed by atoms with Gasteiger partial charge in [-0.25, -0.2) is 0 Å². The largest absolute Gasteiger partial charge is 0.495 e. The van der Waals surface area contributed by atoms with Crippen LogP contribution < -0.4 is 9.64 Å². The second-order valence-electron chi connectivity index (χ2n) is 3.51. The van der Waals surface area contributed by atoms with Crippen molar-refractivity contribution in [2.24, 2.45) is 0 Å². The Morgan fingerprint density at radius 1 is 1.29 bits per heavy atom. The second kappa shape index (κ2) is 4.22. The van der Waals surface area contributed by atoms with Gasteiger partial charge in [-0.2, -0.15) is 0 Å². The molecule has 1 aliphatic rings. The van der Waals surface area contributed by atoms with Crippen LogP contribution in [0.15, 0.2) is 22.7 Å². The number of methoxy groups -OCH3 is 1. The lowest BCUT2D eigenvalue weighted by Gasteiger charge is -2.20. The van der Waals surface area contributed by atoms with Gasteiger partial charge in [0.05, 0.1) is 12.8 Å². The fraction of sp³-hybridized carbons (Fsp3) is 0.455. The molecule has 0 spiro atoms. The molecule has 1 fully saturated rings. The molecule has 1 heterocycles. The standard InChI is InChI=1S/C11H14BrNO/c1-14-11-5-4-9(12)8-10(11)13-6-2-3-7-13/h4-5,8H,2-3,6-7H2,1H3. The van der Waals surface area contributed by atoms with Gasteiger partial charge in [-0.05, 0) is 31.0 Å². The summed E-state index contributed by atoms with van der Waals surface area (Å²) in [5.74, 6) is 0.968. The predicted octanol–water partition coefficient (Wildman–Crippen LogP) is 3.06. The van der Waals surface area contributed by atoms with Gasteiger partial charge in [-0.1, -0.05) is 15.9 Å². The normalized spacial score (nSPS) is 16.0. The van der Waals surface area contributed by atoms with E-state index in [9.17, 15) is 0 Å². The van der Waals surface area contributed by atoms with Crippen molar-refractivity contribution in [2.45, 2.75) is 12.8 Å². The molecule has 0 bridgehead atoms. The quantitative estimate of drug-likeness (QED) is 0.806. The maximum atomic E-state index is 5.35. The van der Waals surface area contributed by atoms with Crippen LogP contribution in [0.5, 0.6) is 5.75 Å². The fourth-order valence-corrected chi connectivity index (χ4v) is 2.22. The molecule has 76 valence electrons. The lowest BCUT2D eigenvalue weighted by atomic mass is 10.2. The van der Waals surface area contributed by atoms with Crippen LogP contribution in [0, 0.1) is 0 Å². The molecule has 0 aromatic heterocycles. The van der Waals surface area contributed by atoms with Gasteiger partial charge in [0.25, 0.3) is 0 Å². The predicted molar refractivity (Wildman–Crippen MR) is 62.1 cm³/mol. The van der Waals surface area contributed by atoms with E-state index in [1.807, 2.05) is 12.1 Å². The summed E-state index contributed by atoms with van der Waals surface area (Å²) in [6, 6.07) is 6.15. The third-order valence-corrected chi connectivity index (χ3v) is 3.08. The van der Waals surface area contributed by atoms with Crippen LogP contribution in [0.3, 0.4) is 0 Å². The van der Waals surface area contributed by atoms with Crippen LogP contribution in [0.2, 0.25) is 0 Å². The van der Waals surface area contributed by atoms with Crippen molar-refractivity contribution in [1.29, 1.82) is 0 Å². The summed E-state index contributed by atoms with van der Waals surface area (Å²) in [5, 5.41) is 0. The summed E-state index contributed by atoms with van der Waals surface area (Å²) < 4.78 is 6.46. The Hall–Kier alpha value is -0.700. The van der Waals surface area contributed by atoms with E-state index in [1.165, 1.54) is 18.5 Å². The highest BCUT2D eigenvalue weighted by Crippen LogP contribution is 2.33. The minimum absolute atomic E-state index is 0.968. The average molecular weight is 256 g/mol. The number of benzene rings is 1. The first-order valence-corrected chi connectivity index (χ1v) is 5.69. The number of hydrogen-bond donors (Lipinski definition) is 0. The number of nitrogens with zero attached hydrogens (tertiary/aromatic N) is 1. The Bertz CT molecular complexity index is 321. The fourth-order valence-electron chi connectivity index (χ4n) is 1.87. The van der Waals surface area contributed by atoms with E-state index in [0.29, 0.717) is 0 Å². The van der Waals surface area contributed by atoms with Gasteiger partial charge in [-0.15, -0.1) is 0 Å². The SMILES string of the molecule is COc1ccc(Br)cc1N1CCCC1. The first-order valence-electron chi connectivity index (χ1n) is 4.90. The summed E-state index contributed by atoms with van der Waals surface area (Å²) in [5.41, 5.74) is 1.21. The van der Waals surface area contributed by atoms with E-state index >= 15 is 0 Å². The Kier molecular flexibility index (Phi) is 2.96. The summed E-state index contributed by atoms with van der Waals surface area (Å²) >= 11 is 3.49. The molecule has 0 saturated carbocycles. The highest BCUT2D eigenvalue weighted by molar-refractivity contribution is 9.10. The van der Waals surface area contributed by atoms with Gasteiger partial charge >= 0.3 is 0 Å². The topological polar surface area (TPSA) is 12.5 Å². The van der Waals surface area contributed by atoms with Crippen molar-refractivity contribution in [3.8, 4) is 5.75 Å². The van der Waals surface area contributed by atoms with Crippen LogP contribution in [-0.4, -0.2) is 20.2 Å². The van der Waals surface area contributed by atoms with Crippen molar-refractivity contribution in [3.05, 3.63) is 22.7 Å². The first kappa shape index (κ1) is 9.84. The molecular weight excluding hydrogens is 242 g/mol. The average Bonchev–Trinajstić information content (AvgIpc) is 2.70. The number of hydrogen-bond acceptors (Lipinski definition) is 2. The van der Waals surface area contributed by atoms with Gasteiger partial charge in [0, 0.05) is 17.6 Å². The summed E-state index contributed by atoms with van der Waals surface area (Å²) in [6.45, 7) is 2.29. The smallest absolute Gasteiger partial charge is 0.142 e. The molecule has 0 aliphatic carbocycles. The van der Waals surface area contributed by atoms with Crippen LogP contribution in [0.4, 0.5) is 5.69 Å². The first-order chi connectivity index (χ1) is 6.81. The Balaban J connectivity index is 2.33. The van der Waals surface area contributed by atoms with Gasteiger partial charge in [0.15, 0.2) is 0 Å². The van der Waals surface area contributed by atoms with Gasteiger partial charge < -0.3 is 9.64 Å². The maximum absolute atomic E-state index is 5.35. The molecule has 3 heteroatoms. The Morgan fingerprint density at radius 2 is 2.00 bits per heavy atom. The molecule has 0 atom stereocenters. The zero-order valence-corrected chi connectivity index (χ0v) is 9.88. The monoisotopic (exact) mass is 255 g/mol. The third-order valence-electron chi connectivity index (χ3n) is 2.59. The highest BCUT2D eigenvalue weighted by Gasteiger charge is 2.16. The number of halogens is 1. The lowest BCUT2D eigenvalue weighted by molar-refractivity contribution is 0.415. The molecule has 0 radical (unpaired) electrons. The van der Waals surface area contributed by atoms with E-state index < -0.39 is 0 Å². The summed E-state index contributed by atoms with van der Waals surface area (Å²) in [7, 11) is 1.73. The molecule has 1 aromatic carbocycles. The molecule has 0 unspecified atom stereocenters. The minimum atomic E-state index is 0.968. The van der Waals surface area contributed by atoms with Crippen LogP contribution >= 0.6 is 15.9 Å². The molecule has 0 N–H and O–H groups in total. The van der Waals surface area contributed by atoms with Gasteiger partial charge in [-0.3, -0.25) is 0 Å². The van der Waals surface area contributed by atoms with E-state index in [1.54, 1.807) is 7.11 Å². The lowest BCUT2D eigenvalue weighted by Crippen LogP contribution is -2.18. The van der Waals surface area contributed by atoms with Crippen molar-refractivity contribution in [1.82, 2.24) is 0 Å². The van der Waals surface area contributed by atoms with Crippen molar-refractivity contribution >= 4 is 21.6 Å². The molecule has 14 heavy (non-hydrogen) atoms. The highest BCUT2D eigenvalue weighted by atomic mass is 79.9. The number of ether oxygens (including phenoxy) is 1. The molecular formula is C11H14BrNO. The summed E-state index contributed by atoms with van der Waals surface area (Å²) in [4.78, 5) is 2.38.